The number of carbonyl (C=O) groups excluding carboxylic acids is 1. The molecule has 1 aromatic heterocycles. The first-order valence-electron chi connectivity index (χ1n) is 11.2. The Bertz CT molecular complexity index is 1450. The van der Waals surface area contributed by atoms with Gasteiger partial charge in [-0.3, -0.25) is 19.4 Å². The Morgan fingerprint density at radius 1 is 0.971 bits per heavy atom. The Balaban J connectivity index is 1.45. The van der Waals surface area contributed by atoms with Gasteiger partial charge in [-0.1, -0.05) is 43.3 Å². The number of carboxylic acids is 1. The van der Waals surface area contributed by atoms with Crippen LogP contribution >= 0.6 is 0 Å². The fourth-order valence-electron chi connectivity index (χ4n) is 3.77. The summed E-state index contributed by atoms with van der Waals surface area (Å²) in [7, 11) is 0. The van der Waals surface area contributed by atoms with Crippen molar-refractivity contribution >= 4 is 39.7 Å². The first kappa shape index (κ1) is 23.6. The molecule has 0 aliphatic rings. The topological polar surface area (TPSA) is 137 Å². The van der Waals surface area contributed by atoms with E-state index in [1.165, 1.54) is 0 Å². The second-order valence-electron chi connectivity index (χ2n) is 8.11. The predicted octanol–water partition coefficient (Wildman–Crippen LogP) is 3.01. The molecule has 0 saturated heterocycles. The molecule has 0 bridgehead atoms. The molecule has 0 radical (unpaired) electrons. The van der Waals surface area contributed by atoms with Gasteiger partial charge < -0.3 is 21.1 Å². The summed E-state index contributed by atoms with van der Waals surface area (Å²) in [5.41, 5.74) is 0.268. The molecule has 0 saturated carbocycles. The highest BCUT2D eigenvalue weighted by Gasteiger charge is 2.26. The summed E-state index contributed by atoms with van der Waals surface area (Å²) in [6.45, 7) is 2.41. The molecule has 0 spiro atoms. The first-order chi connectivity index (χ1) is 16.9. The number of carbonyl (C=O) groups is 2. The standard InChI is InChI=1S/C26H24N4O5/c1-2-12-27-21-22(24(32)23(21)31)30-19(26(34)35)14-15-7-9-17(10-8-15)29-25(33)20-18-6-4-3-5-16(18)11-13-28-20/h3-11,13,19,27,30H,2,12,14H2,1H3,(H,29,33)(H,34,35). The lowest BCUT2D eigenvalue weighted by Gasteiger charge is -2.20. The maximum Gasteiger partial charge on any atom is 0.326 e. The molecule has 0 aliphatic carbocycles. The van der Waals surface area contributed by atoms with Gasteiger partial charge in [0.15, 0.2) is 0 Å². The van der Waals surface area contributed by atoms with E-state index >= 15 is 0 Å². The van der Waals surface area contributed by atoms with Crippen molar-refractivity contribution in [3.05, 3.63) is 92.5 Å². The summed E-state index contributed by atoms with van der Waals surface area (Å²) in [6, 6.07) is 14.9. The van der Waals surface area contributed by atoms with Crippen LogP contribution in [0.1, 0.15) is 29.4 Å². The molecule has 178 valence electrons. The van der Waals surface area contributed by atoms with Crippen LogP contribution in [0.3, 0.4) is 0 Å². The van der Waals surface area contributed by atoms with E-state index in [4.69, 9.17) is 0 Å². The molecule has 4 rings (SSSR count). The van der Waals surface area contributed by atoms with Gasteiger partial charge in [-0.2, -0.15) is 0 Å². The highest BCUT2D eigenvalue weighted by Crippen LogP contribution is 2.20. The van der Waals surface area contributed by atoms with Crippen LogP contribution in [-0.2, 0) is 11.2 Å². The summed E-state index contributed by atoms with van der Waals surface area (Å²) in [5.74, 6) is -1.51. The number of aliphatic carboxylic acids is 1. The van der Waals surface area contributed by atoms with Crippen molar-refractivity contribution < 1.29 is 14.7 Å². The zero-order chi connectivity index (χ0) is 24.9. The van der Waals surface area contributed by atoms with Crippen molar-refractivity contribution in [1.29, 1.82) is 0 Å². The van der Waals surface area contributed by atoms with Gasteiger partial charge in [0.2, 0.25) is 0 Å². The van der Waals surface area contributed by atoms with Crippen LogP contribution in [0.25, 0.3) is 10.8 Å². The summed E-state index contributed by atoms with van der Waals surface area (Å²) in [6.07, 6.45) is 2.40. The molecular weight excluding hydrogens is 448 g/mol. The van der Waals surface area contributed by atoms with Crippen molar-refractivity contribution in [2.24, 2.45) is 0 Å². The first-order valence-corrected chi connectivity index (χ1v) is 11.2. The predicted molar refractivity (Wildman–Crippen MR) is 135 cm³/mol. The van der Waals surface area contributed by atoms with Gasteiger partial charge in [-0.15, -0.1) is 0 Å². The second kappa shape index (κ2) is 10.2. The van der Waals surface area contributed by atoms with Gasteiger partial charge in [0.1, 0.15) is 23.1 Å². The van der Waals surface area contributed by atoms with Crippen molar-refractivity contribution in [3.63, 3.8) is 0 Å². The normalized spacial score (nSPS) is 11.8. The average Bonchev–Trinajstić information content (AvgIpc) is 2.87. The van der Waals surface area contributed by atoms with Gasteiger partial charge in [-0.25, -0.2) is 4.79 Å². The summed E-state index contributed by atoms with van der Waals surface area (Å²) >= 11 is 0. The second-order valence-corrected chi connectivity index (χ2v) is 8.11. The average molecular weight is 473 g/mol. The number of rotatable bonds is 10. The lowest BCUT2D eigenvalue weighted by atomic mass is 10.0. The lowest BCUT2D eigenvalue weighted by Crippen LogP contribution is -2.42. The largest absolute Gasteiger partial charge is 0.480 e. The smallest absolute Gasteiger partial charge is 0.326 e. The number of hydrogen-bond acceptors (Lipinski definition) is 7. The summed E-state index contributed by atoms with van der Waals surface area (Å²) < 4.78 is 0. The highest BCUT2D eigenvalue weighted by atomic mass is 16.4. The van der Waals surface area contributed by atoms with Crippen molar-refractivity contribution in [2.45, 2.75) is 25.8 Å². The van der Waals surface area contributed by atoms with E-state index in [1.807, 2.05) is 37.3 Å². The number of nitrogens with zero attached hydrogens (tertiary/aromatic N) is 1. The molecule has 0 fully saturated rings. The number of pyridine rings is 1. The van der Waals surface area contributed by atoms with E-state index in [1.54, 1.807) is 30.5 Å². The number of aromatic nitrogens is 1. The van der Waals surface area contributed by atoms with Gasteiger partial charge in [0.25, 0.3) is 16.8 Å². The molecule has 1 unspecified atom stereocenters. The number of benzene rings is 2. The van der Waals surface area contributed by atoms with Crippen LogP contribution in [0.5, 0.6) is 0 Å². The van der Waals surface area contributed by atoms with Crippen LogP contribution in [0.2, 0.25) is 0 Å². The SMILES string of the molecule is CCCNc1c(NC(Cc2ccc(NC(=O)c3nccc4ccccc34)cc2)C(=O)O)c(=O)c1=O. The van der Waals surface area contributed by atoms with E-state index in [0.717, 1.165) is 17.2 Å². The molecule has 4 N–H and O–H groups in total. The summed E-state index contributed by atoms with van der Waals surface area (Å²) in [5, 5.41) is 19.7. The Morgan fingerprint density at radius 3 is 2.40 bits per heavy atom. The Labute approximate surface area is 200 Å². The Hall–Kier alpha value is -4.53. The third kappa shape index (κ3) is 5.03. The van der Waals surface area contributed by atoms with Crippen LogP contribution in [0.4, 0.5) is 17.1 Å². The lowest BCUT2D eigenvalue weighted by molar-refractivity contribution is -0.137. The van der Waals surface area contributed by atoms with Crippen LogP contribution in [-0.4, -0.2) is 34.6 Å². The Morgan fingerprint density at radius 2 is 1.69 bits per heavy atom. The number of anilines is 3. The monoisotopic (exact) mass is 472 g/mol. The van der Waals surface area contributed by atoms with E-state index in [2.05, 4.69) is 20.9 Å². The molecule has 35 heavy (non-hydrogen) atoms. The number of nitrogens with one attached hydrogen (secondary N) is 3. The fraction of sp³-hybridized carbons (Fsp3) is 0.192. The zero-order valence-corrected chi connectivity index (χ0v) is 19.0. The third-order valence-corrected chi connectivity index (χ3v) is 5.62. The third-order valence-electron chi connectivity index (χ3n) is 5.62. The minimum absolute atomic E-state index is 0.00215. The minimum atomic E-state index is -1.15. The number of carboxylic acid groups (broad SMARTS) is 1. The molecule has 1 heterocycles. The molecule has 9 heteroatoms. The van der Waals surface area contributed by atoms with Crippen molar-refractivity contribution in [3.8, 4) is 0 Å². The number of amides is 1. The molecule has 1 amide bonds. The van der Waals surface area contributed by atoms with Gasteiger partial charge >= 0.3 is 5.97 Å². The number of hydrogen-bond donors (Lipinski definition) is 4. The van der Waals surface area contributed by atoms with Gasteiger partial charge in [-0.05, 0) is 35.6 Å². The quantitative estimate of drug-likeness (QED) is 0.259. The van der Waals surface area contributed by atoms with E-state index in [0.29, 0.717) is 23.5 Å². The van der Waals surface area contributed by atoms with E-state index in [9.17, 15) is 24.3 Å². The number of fused-ring (bicyclic) bond motifs is 1. The van der Waals surface area contributed by atoms with Gasteiger partial charge in [0, 0.05) is 30.2 Å². The zero-order valence-electron chi connectivity index (χ0n) is 19.0. The maximum atomic E-state index is 12.8. The minimum Gasteiger partial charge on any atom is -0.480 e. The van der Waals surface area contributed by atoms with Crippen molar-refractivity contribution in [2.75, 3.05) is 22.5 Å². The van der Waals surface area contributed by atoms with Crippen LogP contribution < -0.4 is 26.8 Å². The van der Waals surface area contributed by atoms with E-state index < -0.39 is 22.9 Å². The van der Waals surface area contributed by atoms with E-state index in [-0.39, 0.29) is 23.7 Å². The van der Waals surface area contributed by atoms with Crippen molar-refractivity contribution in [1.82, 2.24) is 4.98 Å². The molecule has 1 atom stereocenters. The molecule has 3 aromatic carbocycles. The molecule has 0 aliphatic heterocycles. The van der Waals surface area contributed by atoms with Crippen LogP contribution in [0.15, 0.2) is 70.4 Å². The fourth-order valence-corrected chi connectivity index (χ4v) is 3.77. The van der Waals surface area contributed by atoms with Gasteiger partial charge in [0.05, 0.1) is 0 Å². The molecule has 9 nitrogen and oxygen atoms in total. The molecular formula is C26H24N4O5. The maximum absolute atomic E-state index is 12.8. The Kier molecular flexibility index (Phi) is 6.86. The molecule has 4 aromatic rings. The highest BCUT2D eigenvalue weighted by molar-refractivity contribution is 6.11. The van der Waals surface area contributed by atoms with Crippen LogP contribution in [0, 0.1) is 0 Å². The summed E-state index contributed by atoms with van der Waals surface area (Å²) in [4.78, 5) is 52.5.